The third-order valence-corrected chi connectivity index (χ3v) is 5.64. The van der Waals surface area contributed by atoms with Crippen molar-refractivity contribution in [3.63, 3.8) is 0 Å². The average molecular weight is 426 g/mol. The largest absolute Gasteiger partial charge is 0.270 e. The van der Waals surface area contributed by atoms with Gasteiger partial charge in [0, 0.05) is 17.1 Å². The summed E-state index contributed by atoms with van der Waals surface area (Å²) in [7, 11) is 0. The van der Waals surface area contributed by atoms with Crippen LogP contribution in [0.5, 0.6) is 0 Å². The van der Waals surface area contributed by atoms with Crippen molar-refractivity contribution >= 4 is 23.4 Å². The van der Waals surface area contributed by atoms with Crippen LogP contribution in [0, 0.1) is 6.92 Å². The Morgan fingerprint density at radius 3 is 2.55 bits per heavy atom. The van der Waals surface area contributed by atoms with Gasteiger partial charge in [0.2, 0.25) is 0 Å². The van der Waals surface area contributed by atoms with Gasteiger partial charge < -0.3 is 0 Å². The Hall–Kier alpha value is -2.71. The third-order valence-electron chi connectivity index (χ3n) is 4.46. The van der Waals surface area contributed by atoms with Gasteiger partial charge >= 0.3 is 0 Å². The van der Waals surface area contributed by atoms with E-state index in [9.17, 15) is 0 Å². The van der Waals surface area contributed by atoms with Crippen molar-refractivity contribution in [3.8, 4) is 17.1 Å². The number of tetrazole rings is 1. The third kappa shape index (κ3) is 4.18. The number of hydrogen-bond donors (Lipinski definition) is 0. The van der Waals surface area contributed by atoms with Crippen molar-refractivity contribution < 1.29 is 0 Å². The number of hydrogen-bond acceptors (Lipinski definition) is 6. The molecule has 4 aromatic rings. The minimum atomic E-state index is 0.609. The topological polar surface area (TPSA) is 74.3 Å². The Balaban J connectivity index is 1.73. The second-order valence-corrected chi connectivity index (χ2v) is 7.92. The van der Waals surface area contributed by atoms with Crippen molar-refractivity contribution in [2.45, 2.75) is 37.7 Å². The predicted molar refractivity (Wildman–Crippen MR) is 114 cm³/mol. The highest BCUT2D eigenvalue weighted by atomic mass is 35.5. The molecule has 2 aromatic heterocycles. The first-order chi connectivity index (χ1) is 14.2. The van der Waals surface area contributed by atoms with Gasteiger partial charge in [0.15, 0.2) is 16.8 Å². The zero-order valence-electron chi connectivity index (χ0n) is 16.2. The minimum absolute atomic E-state index is 0.609. The van der Waals surface area contributed by atoms with Crippen LogP contribution in [0.3, 0.4) is 0 Å². The molecular formula is C20H20ClN7S. The molecule has 0 aliphatic carbocycles. The zero-order valence-corrected chi connectivity index (χ0v) is 17.7. The van der Waals surface area contributed by atoms with Crippen LogP contribution in [0.15, 0.2) is 53.7 Å². The van der Waals surface area contributed by atoms with Crippen molar-refractivity contribution in [1.29, 1.82) is 0 Å². The molecule has 9 heteroatoms. The van der Waals surface area contributed by atoms with Gasteiger partial charge in [-0.2, -0.15) is 0 Å². The van der Waals surface area contributed by atoms with Crippen molar-refractivity contribution in [3.05, 3.63) is 64.9 Å². The van der Waals surface area contributed by atoms with E-state index in [0.717, 1.165) is 46.6 Å². The van der Waals surface area contributed by atoms with Gasteiger partial charge in [-0.1, -0.05) is 48.5 Å². The number of thioether (sulfide) groups is 1. The predicted octanol–water partition coefficient (Wildman–Crippen LogP) is 4.58. The number of para-hydroxylation sites is 1. The van der Waals surface area contributed by atoms with Gasteiger partial charge in [-0.25, -0.2) is 4.68 Å². The number of nitrogens with zero attached hydrogens (tertiary/aromatic N) is 7. The van der Waals surface area contributed by atoms with Crippen molar-refractivity contribution in [2.75, 3.05) is 0 Å². The zero-order chi connectivity index (χ0) is 20.2. The molecule has 0 bridgehead atoms. The maximum Gasteiger partial charge on any atom is 0.196 e. The highest BCUT2D eigenvalue weighted by Gasteiger charge is 2.18. The molecule has 0 spiro atoms. The van der Waals surface area contributed by atoms with Gasteiger partial charge in [0.25, 0.3) is 0 Å². The molecule has 0 aliphatic heterocycles. The highest BCUT2D eigenvalue weighted by Crippen LogP contribution is 2.31. The van der Waals surface area contributed by atoms with Gasteiger partial charge in [0.1, 0.15) is 0 Å². The lowest BCUT2D eigenvalue weighted by molar-refractivity contribution is 0.564. The van der Waals surface area contributed by atoms with Crippen molar-refractivity contribution in [2.24, 2.45) is 0 Å². The molecule has 0 radical (unpaired) electrons. The molecule has 0 aliphatic rings. The molecule has 0 amide bonds. The molecule has 0 saturated carbocycles. The molecule has 0 fully saturated rings. The number of aromatic nitrogens is 7. The Labute approximate surface area is 178 Å². The number of halogens is 1. The summed E-state index contributed by atoms with van der Waals surface area (Å²) in [5.41, 5.74) is 3.13. The lowest BCUT2D eigenvalue weighted by atomic mass is 10.1. The molecular weight excluding hydrogens is 406 g/mol. The van der Waals surface area contributed by atoms with Crippen LogP contribution in [-0.2, 0) is 12.3 Å². The molecule has 29 heavy (non-hydrogen) atoms. The smallest absolute Gasteiger partial charge is 0.196 e. The van der Waals surface area contributed by atoms with Crippen LogP contribution in [0.25, 0.3) is 17.1 Å². The SMILES string of the molecule is CCCn1nnnc1CSc1nnc(-c2ccc(Cl)cc2)n1-c1ccccc1C. The van der Waals surface area contributed by atoms with Gasteiger partial charge in [0.05, 0.1) is 11.4 Å². The maximum absolute atomic E-state index is 6.07. The number of aryl methyl sites for hydroxylation is 2. The van der Waals surface area contributed by atoms with Crippen LogP contribution in [-0.4, -0.2) is 35.0 Å². The summed E-state index contributed by atoms with van der Waals surface area (Å²) in [6.45, 7) is 4.98. The lowest BCUT2D eigenvalue weighted by Crippen LogP contribution is -2.05. The van der Waals surface area contributed by atoms with E-state index in [4.69, 9.17) is 11.6 Å². The molecule has 4 rings (SSSR count). The average Bonchev–Trinajstić information content (AvgIpc) is 3.34. The van der Waals surface area contributed by atoms with E-state index in [1.54, 1.807) is 11.8 Å². The summed E-state index contributed by atoms with van der Waals surface area (Å²) in [6, 6.07) is 15.8. The van der Waals surface area contributed by atoms with E-state index in [-0.39, 0.29) is 0 Å². The first-order valence-corrected chi connectivity index (χ1v) is 10.7. The Morgan fingerprint density at radius 1 is 1.00 bits per heavy atom. The van der Waals surface area contributed by atoms with E-state index >= 15 is 0 Å². The summed E-state index contributed by atoms with van der Waals surface area (Å²) < 4.78 is 3.92. The quantitative estimate of drug-likeness (QED) is 0.403. The van der Waals surface area contributed by atoms with E-state index < -0.39 is 0 Å². The normalized spacial score (nSPS) is 11.1. The Morgan fingerprint density at radius 2 is 1.79 bits per heavy atom. The van der Waals surface area contributed by atoms with E-state index in [0.29, 0.717) is 10.8 Å². The minimum Gasteiger partial charge on any atom is -0.270 e. The fourth-order valence-electron chi connectivity index (χ4n) is 3.02. The summed E-state index contributed by atoms with van der Waals surface area (Å²) in [6.07, 6.45) is 0.975. The van der Waals surface area contributed by atoms with E-state index in [2.05, 4.69) is 56.3 Å². The monoisotopic (exact) mass is 425 g/mol. The molecule has 0 atom stereocenters. The van der Waals surface area contributed by atoms with Crippen LogP contribution in [0.1, 0.15) is 24.7 Å². The van der Waals surface area contributed by atoms with E-state index in [1.807, 2.05) is 41.1 Å². The van der Waals surface area contributed by atoms with Crippen LogP contribution in [0.4, 0.5) is 0 Å². The summed E-state index contributed by atoms with van der Waals surface area (Å²) >= 11 is 7.63. The maximum atomic E-state index is 6.07. The van der Waals surface area contributed by atoms with E-state index in [1.165, 1.54) is 0 Å². The summed E-state index contributed by atoms with van der Waals surface area (Å²) in [4.78, 5) is 0. The van der Waals surface area contributed by atoms with Crippen LogP contribution < -0.4 is 0 Å². The molecule has 148 valence electrons. The van der Waals surface area contributed by atoms with Crippen molar-refractivity contribution in [1.82, 2.24) is 35.0 Å². The second-order valence-electron chi connectivity index (χ2n) is 6.54. The summed E-state index contributed by atoms with van der Waals surface area (Å²) in [5, 5.41) is 22.4. The highest BCUT2D eigenvalue weighted by molar-refractivity contribution is 7.98. The van der Waals surface area contributed by atoms with Gasteiger partial charge in [-0.05, 0) is 59.7 Å². The molecule has 7 nitrogen and oxygen atoms in total. The fourth-order valence-corrected chi connectivity index (χ4v) is 4.03. The molecule has 0 unspecified atom stereocenters. The molecule has 0 saturated heterocycles. The Bertz CT molecular complexity index is 1100. The second kappa shape index (κ2) is 8.75. The molecule has 2 heterocycles. The Kier molecular flexibility index (Phi) is 5.92. The van der Waals surface area contributed by atoms with Gasteiger partial charge in [-0.15, -0.1) is 15.3 Å². The number of benzene rings is 2. The van der Waals surface area contributed by atoms with Crippen LogP contribution in [0.2, 0.25) is 5.02 Å². The summed E-state index contributed by atoms with van der Waals surface area (Å²) in [5.74, 6) is 2.20. The first kappa shape index (κ1) is 19.6. The van der Waals surface area contributed by atoms with Gasteiger partial charge in [-0.3, -0.25) is 4.57 Å². The number of rotatable bonds is 7. The molecule has 2 aromatic carbocycles. The lowest BCUT2D eigenvalue weighted by Gasteiger charge is -2.13. The standard InChI is InChI=1S/C20H20ClN7S/c1-3-12-27-18(22-25-26-27)13-29-20-24-23-19(15-8-10-16(21)11-9-15)28(20)17-7-5-4-6-14(17)2/h4-11H,3,12-13H2,1-2H3. The molecule has 0 N–H and O–H groups in total. The van der Waals surface area contributed by atoms with Crippen LogP contribution >= 0.6 is 23.4 Å². The fraction of sp³-hybridized carbons (Fsp3) is 0.250. The first-order valence-electron chi connectivity index (χ1n) is 9.32.